The average Bonchev–Trinajstić information content (AvgIpc) is 2.80. The first kappa shape index (κ1) is 14.6. The molecule has 22 heavy (non-hydrogen) atoms. The lowest BCUT2D eigenvalue weighted by Gasteiger charge is -2.25. The number of nitrogens with zero attached hydrogens (tertiary/aromatic N) is 1. The first-order chi connectivity index (χ1) is 10.6. The molecule has 6 heteroatoms. The summed E-state index contributed by atoms with van der Waals surface area (Å²) in [7, 11) is 0. The molecule has 2 aliphatic rings. The molecule has 3 rings (SSSR count). The van der Waals surface area contributed by atoms with Crippen molar-refractivity contribution in [3.8, 4) is 0 Å². The molecule has 1 atom stereocenters. The summed E-state index contributed by atoms with van der Waals surface area (Å²) in [5.74, 6) is -0.481. The highest BCUT2D eigenvalue weighted by Gasteiger charge is 2.40. The second kappa shape index (κ2) is 5.79. The molecule has 0 bridgehead atoms. The van der Waals surface area contributed by atoms with E-state index in [1.54, 1.807) is 17.0 Å². The number of rotatable bonds is 4. The summed E-state index contributed by atoms with van der Waals surface area (Å²) < 4.78 is 13.5. The fourth-order valence-electron chi connectivity index (χ4n) is 2.89. The van der Waals surface area contributed by atoms with Gasteiger partial charge in [0.15, 0.2) is 0 Å². The van der Waals surface area contributed by atoms with E-state index in [0.717, 1.165) is 12.8 Å². The summed E-state index contributed by atoms with van der Waals surface area (Å²) in [5, 5.41) is 5.42. The van der Waals surface area contributed by atoms with E-state index in [4.69, 9.17) is 0 Å². The number of carbonyl (C=O) groups excluding carboxylic acids is 2. The van der Waals surface area contributed by atoms with Gasteiger partial charge in [-0.2, -0.15) is 0 Å². The molecule has 3 amide bonds. The second-order valence-corrected chi connectivity index (χ2v) is 5.56. The van der Waals surface area contributed by atoms with Crippen LogP contribution < -0.4 is 10.6 Å². The topological polar surface area (TPSA) is 61.4 Å². The summed E-state index contributed by atoms with van der Waals surface area (Å²) >= 11 is 0. The number of hydrogen-bond donors (Lipinski definition) is 2. The first-order valence-electron chi connectivity index (χ1n) is 7.45. The van der Waals surface area contributed by atoms with Crippen LogP contribution >= 0.6 is 0 Å². The van der Waals surface area contributed by atoms with E-state index >= 15 is 0 Å². The molecule has 1 aromatic carbocycles. The molecule has 2 N–H and O–H groups in total. The maximum Gasteiger partial charge on any atom is 0.319 e. The van der Waals surface area contributed by atoms with Gasteiger partial charge < -0.3 is 15.5 Å². The maximum absolute atomic E-state index is 13.5. The van der Waals surface area contributed by atoms with Crippen LogP contribution in [0.25, 0.3) is 0 Å². The average molecular weight is 303 g/mol. The minimum atomic E-state index is -0.599. The summed E-state index contributed by atoms with van der Waals surface area (Å²) in [6.45, 7) is 3.13. The van der Waals surface area contributed by atoms with Gasteiger partial charge in [0.2, 0.25) is 0 Å². The Hall–Kier alpha value is -2.37. The third-order valence-electron chi connectivity index (χ3n) is 3.98. The SMILES string of the molecule is CCCCN1CC2=C(C1=O)[C@H](c1cccc(F)c1)NC(=O)N2. The molecule has 2 aliphatic heterocycles. The van der Waals surface area contributed by atoms with Crippen molar-refractivity contribution in [2.24, 2.45) is 0 Å². The number of unbranched alkanes of at least 4 members (excludes halogenated alkanes) is 1. The van der Waals surface area contributed by atoms with Crippen molar-refractivity contribution in [1.82, 2.24) is 15.5 Å². The van der Waals surface area contributed by atoms with Gasteiger partial charge in [-0.25, -0.2) is 9.18 Å². The molecule has 0 aliphatic carbocycles. The number of benzene rings is 1. The Morgan fingerprint density at radius 1 is 1.36 bits per heavy atom. The van der Waals surface area contributed by atoms with Gasteiger partial charge >= 0.3 is 6.03 Å². The Kier molecular flexibility index (Phi) is 3.83. The van der Waals surface area contributed by atoms with Gasteiger partial charge in [-0.1, -0.05) is 25.5 Å². The largest absolute Gasteiger partial charge is 0.333 e. The van der Waals surface area contributed by atoms with Crippen molar-refractivity contribution in [3.05, 3.63) is 46.9 Å². The van der Waals surface area contributed by atoms with Gasteiger partial charge in [-0.3, -0.25) is 4.79 Å². The third kappa shape index (κ3) is 2.56. The Labute approximate surface area is 128 Å². The van der Waals surface area contributed by atoms with Gasteiger partial charge in [0.25, 0.3) is 5.91 Å². The minimum Gasteiger partial charge on any atom is -0.333 e. The highest BCUT2D eigenvalue weighted by molar-refractivity contribution is 6.01. The number of amides is 3. The van der Waals surface area contributed by atoms with Crippen LogP contribution in [0.15, 0.2) is 35.5 Å². The van der Waals surface area contributed by atoms with E-state index in [0.29, 0.717) is 29.9 Å². The monoisotopic (exact) mass is 303 g/mol. The summed E-state index contributed by atoms with van der Waals surface area (Å²) in [6.07, 6.45) is 1.91. The van der Waals surface area contributed by atoms with E-state index in [-0.39, 0.29) is 17.8 Å². The van der Waals surface area contributed by atoms with Gasteiger partial charge in [0.1, 0.15) is 5.82 Å². The molecule has 116 valence electrons. The van der Waals surface area contributed by atoms with Crippen molar-refractivity contribution in [1.29, 1.82) is 0 Å². The quantitative estimate of drug-likeness (QED) is 0.894. The molecule has 0 unspecified atom stereocenters. The number of carbonyl (C=O) groups is 2. The summed E-state index contributed by atoms with van der Waals surface area (Å²) in [4.78, 5) is 26.2. The van der Waals surface area contributed by atoms with Crippen LogP contribution in [0.4, 0.5) is 9.18 Å². The molecule has 0 spiro atoms. The van der Waals surface area contributed by atoms with Gasteiger partial charge in [0, 0.05) is 6.54 Å². The van der Waals surface area contributed by atoms with E-state index < -0.39 is 6.04 Å². The molecule has 0 fully saturated rings. The lowest BCUT2D eigenvalue weighted by molar-refractivity contribution is -0.125. The molecule has 1 aromatic rings. The Bertz CT molecular complexity index is 657. The Morgan fingerprint density at radius 3 is 2.91 bits per heavy atom. The van der Waals surface area contributed by atoms with Gasteiger partial charge in [0.05, 0.1) is 23.9 Å². The molecule has 2 heterocycles. The second-order valence-electron chi connectivity index (χ2n) is 5.56. The van der Waals surface area contributed by atoms with Gasteiger partial charge in [-0.05, 0) is 24.1 Å². The van der Waals surface area contributed by atoms with Crippen LogP contribution in [0, 0.1) is 5.82 Å². The van der Waals surface area contributed by atoms with Crippen molar-refractivity contribution < 1.29 is 14.0 Å². The smallest absolute Gasteiger partial charge is 0.319 e. The zero-order valence-electron chi connectivity index (χ0n) is 12.4. The van der Waals surface area contributed by atoms with Crippen molar-refractivity contribution in [2.45, 2.75) is 25.8 Å². The number of halogens is 1. The molecule has 0 radical (unpaired) electrons. The normalized spacial score (nSPS) is 20.8. The van der Waals surface area contributed by atoms with E-state index in [9.17, 15) is 14.0 Å². The first-order valence-corrected chi connectivity index (χ1v) is 7.45. The van der Waals surface area contributed by atoms with E-state index in [2.05, 4.69) is 17.6 Å². The summed E-state index contributed by atoms with van der Waals surface area (Å²) in [6, 6.07) is 5.02. The standard InChI is InChI=1S/C16H18FN3O2/c1-2-3-7-20-9-12-13(15(20)21)14(19-16(22)18-12)10-5-4-6-11(17)8-10/h4-6,8,14H,2-3,7,9H2,1H3,(H2,18,19,22)/t14-/m0/s1. The maximum atomic E-state index is 13.5. The number of hydrogen-bond acceptors (Lipinski definition) is 2. The predicted octanol–water partition coefficient (Wildman–Crippen LogP) is 2.08. The minimum absolute atomic E-state index is 0.0924. The highest BCUT2D eigenvalue weighted by atomic mass is 19.1. The lowest BCUT2D eigenvalue weighted by atomic mass is 9.96. The fourth-order valence-corrected chi connectivity index (χ4v) is 2.89. The van der Waals surface area contributed by atoms with Crippen molar-refractivity contribution in [2.75, 3.05) is 13.1 Å². The predicted molar refractivity (Wildman–Crippen MR) is 79.3 cm³/mol. The number of urea groups is 1. The van der Waals surface area contributed by atoms with Crippen molar-refractivity contribution in [3.63, 3.8) is 0 Å². The Balaban J connectivity index is 1.92. The number of nitrogens with one attached hydrogen (secondary N) is 2. The van der Waals surface area contributed by atoms with Crippen LogP contribution in [-0.4, -0.2) is 29.9 Å². The van der Waals surface area contributed by atoms with Crippen LogP contribution in [0.5, 0.6) is 0 Å². The molecular formula is C16H18FN3O2. The van der Waals surface area contributed by atoms with Crippen LogP contribution in [0.1, 0.15) is 31.4 Å². The molecule has 0 saturated heterocycles. The fraction of sp³-hybridized carbons (Fsp3) is 0.375. The van der Waals surface area contributed by atoms with E-state index in [1.165, 1.54) is 12.1 Å². The van der Waals surface area contributed by atoms with E-state index in [1.807, 2.05) is 0 Å². The third-order valence-corrected chi connectivity index (χ3v) is 3.98. The van der Waals surface area contributed by atoms with Crippen LogP contribution in [0.2, 0.25) is 0 Å². The highest BCUT2D eigenvalue weighted by Crippen LogP contribution is 2.32. The van der Waals surface area contributed by atoms with Crippen LogP contribution in [-0.2, 0) is 4.79 Å². The lowest BCUT2D eigenvalue weighted by Crippen LogP contribution is -2.44. The molecule has 5 nitrogen and oxygen atoms in total. The van der Waals surface area contributed by atoms with Crippen LogP contribution in [0.3, 0.4) is 0 Å². The summed E-state index contributed by atoms with van der Waals surface area (Å²) in [5.41, 5.74) is 1.72. The molecular weight excluding hydrogens is 285 g/mol. The van der Waals surface area contributed by atoms with Gasteiger partial charge in [-0.15, -0.1) is 0 Å². The molecule has 0 saturated carbocycles. The molecule has 0 aromatic heterocycles. The zero-order valence-corrected chi connectivity index (χ0v) is 12.4. The zero-order chi connectivity index (χ0) is 15.7. The Morgan fingerprint density at radius 2 is 2.18 bits per heavy atom. The van der Waals surface area contributed by atoms with Crippen molar-refractivity contribution >= 4 is 11.9 Å².